The Morgan fingerprint density at radius 3 is 2.23 bits per heavy atom. The number of benzene rings is 7. The molecule has 12 rings (SSSR count). The molecule has 5 heterocycles. The minimum absolute atomic E-state index is 1.18. The molecule has 1 radical (unpaired) electrons. The maximum atomic E-state index is 3.91. The Morgan fingerprint density at radius 2 is 1.30 bits per heavy atom. The first kappa shape index (κ1) is 22.3. The molecule has 1 N–H and O–H groups in total. The molecule has 4 heteroatoms. The number of nitrogens with zero attached hydrogens (tertiary/aromatic N) is 1. The van der Waals surface area contributed by atoms with Crippen LogP contribution >= 0.6 is 11.3 Å². The van der Waals surface area contributed by atoms with Crippen molar-refractivity contribution in [3.63, 3.8) is 0 Å². The van der Waals surface area contributed by atoms with Crippen LogP contribution in [-0.2, 0) is 0 Å². The molecule has 0 aliphatic carbocycles. The molecule has 11 aromatic rings. The van der Waals surface area contributed by atoms with E-state index in [1.165, 1.54) is 113 Å². The van der Waals surface area contributed by atoms with Crippen LogP contribution in [0.3, 0.4) is 0 Å². The summed E-state index contributed by atoms with van der Waals surface area (Å²) in [6.07, 6.45) is 0. The van der Waals surface area contributed by atoms with Crippen LogP contribution < -0.4 is 10.9 Å². The number of aromatic amines is 1. The molecule has 2 nitrogen and oxygen atoms in total. The first-order valence-electron chi connectivity index (χ1n) is 15.2. The van der Waals surface area contributed by atoms with Crippen molar-refractivity contribution in [3.05, 3.63) is 115 Å². The van der Waals surface area contributed by atoms with Gasteiger partial charge in [-0.15, -0.1) is 11.3 Å². The van der Waals surface area contributed by atoms with E-state index >= 15 is 0 Å². The van der Waals surface area contributed by atoms with Crippen LogP contribution in [0.1, 0.15) is 0 Å². The number of H-pyrrole nitrogens is 1. The highest BCUT2D eigenvalue weighted by molar-refractivity contribution is 7.26. The van der Waals surface area contributed by atoms with E-state index in [2.05, 4.69) is 132 Å². The van der Waals surface area contributed by atoms with Gasteiger partial charge in [-0.1, -0.05) is 103 Å². The highest BCUT2D eigenvalue weighted by Crippen LogP contribution is 2.49. The zero-order valence-electron chi connectivity index (χ0n) is 23.4. The summed E-state index contributed by atoms with van der Waals surface area (Å²) in [6.45, 7) is 0. The van der Waals surface area contributed by atoms with Crippen molar-refractivity contribution in [1.29, 1.82) is 0 Å². The third kappa shape index (κ3) is 2.43. The monoisotopic (exact) mass is 571 g/mol. The summed E-state index contributed by atoms with van der Waals surface area (Å²) in [5.41, 5.74) is 11.6. The average molecular weight is 571 g/mol. The van der Waals surface area contributed by atoms with Gasteiger partial charge in [0.25, 0.3) is 0 Å². The fourth-order valence-electron chi connectivity index (χ4n) is 8.53. The molecule has 0 unspecified atom stereocenters. The number of nitrogens with one attached hydrogen (secondary N) is 1. The Kier molecular flexibility index (Phi) is 3.75. The van der Waals surface area contributed by atoms with Crippen LogP contribution in [0.4, 0.5) is 0 Å². The number of hydrogen-bond acceptors (Lipinski definition) is 1. The van der Waals surface area contributed by atoms with Crippen LogP contribution in [0.5, 0.6) is 0 Å². The van der Waals surface area contributed by atoms with Crippen molar-refractivity contribution in [2.45, 2.75) is 0 Å². The second kappa shape index (κ2) is 7.42. The van der Waals surface area contributed by atoms with E-state index in [-0.39, 0.29) is 0 Å². The van der Waals surface area contributed by atoms with Crippen LogP contribution in [0, 0.1) is 0 Å². The highest BCUT2D eigenvalue weighted by Gasteiger charge is 2.31. The third-order valence-electron chi connectivity index (χ3n) is 10.2. The zero-order chi connectivity index (χ0) is 28.3. The maximum Gasteiger partial charge on any atom is 0.198 e. The molecule has 0 fully saturated rings. The van der Waals surface area contributed by atoms with E-state index in [1.54, 1.807) is 0 Å². The van der Waals surface area contributed by atoms with Crippen LogP contribution in [0.25, 0.3) is 102 Å². The first-order valence-corrected chi connectivity index (χ1v) is 16.0. The third-order valence-corrected chi connectivity index (χ3v) is 11.4. The molecular weight excluding hydrogens is 551 g/mol. The van der Waals surface area contributed by atoms with E-state index in [1.807, 2.05) is 11.3 Å². The molecule has 1 aliphatic heterocycles. The van der Waals surface area contributed by atoms with Crippen molar-refractivity contribution in [2.75, 3.05) is 0 Å². The summed E-state index contributed by atoms with van der Waals surface area (Å²) in [6, 6.07) is 42.9. The Bertz CT molecular complexity index is 3080. The molecule has 0 saturated carbocycles. The quantitative estimate of drug-likeness (QED) is 0.189. The Hall–Kier alpha value is -5.32. The normalized spacial score (nSPS) is 13.2. The van der Waals surface area contributed by atoms with Gasteiger partial charge in [-0.05, 0) is 40.0 Å². The maximum absolute atomic E-state index is 3.91. The van der Waals surface area contributed by atoms with Gasteiger partial charge in [0.05, 0.1) is 11.0 Å². The van der Waals surface area contributed by atoms with E-state index < -0.39 is 0 Å². The van der Waals surface area contributed by atoms with Gasteiger partial charge < -0.3 is 9.38 Å². The lowest BCUT2D eigenvalue weighted by Gasteiger charge is -2.19. The predicted octanol–water partition coefficient (Wildman–Crippen LogP) is 9.63. The number of rotatable bonds is 1. The predicted molar refractivity (Wildman–Crippen MR) is 191 cm³/mol. The molecule has 1 aliphatic rings. The molecule has 44 heavy (non-hydrogen) atoms. The smallest absolute Gasteiger partial charge is 0.198 e. The standard InChI is InChI=1S/C40H20BN2S/c1-2-9-21-19-30-28(18-20(21)8-1)22-11-5-14-26(36(22)42-30)34-35-39-32(33-25-10-3-4-17-31(25)44-40(33)34)27-15-6-12-23-24-13-7-16-29(41-35)38(24)43(39)37(23)27/h1-19,42H. The molecule has 0 spiro atoms. The van der Waals surface area contributed by atoms with E-state index in [9.17, 15) is 0 Å². The number of fused-ring (bicyclic) bond motifs is 10. The minimum Gasteiger partial charge on any atom is -0.354 e. The molecule has 4 aromatic heterocycles. The summed E-state index contributed by atoms with van der Waals surface area (Å²) in [5.74, 6) is 0. The van der Waals surface area contributed by atoms with Crippen molar-refractivity contribution < 1.29 is 0 Å². The Morgan fingerprint density at radius 1 is 0.568 bits per heavy atom. The molecule has 0 amide bonds. The molecule has 0 saturated heterocycles. The summed E-state index contributed by atoms with van der Waals surface area (Å²) in [4.78, 5) is 3.91. The summed E-state index contributed by atoms with van der Waals surface area (Å²) in [5, 5.41) is 13.2. The van der Waals surface area contributed by atoms with Gasteiger partial charge in [0.1, 0.15) is 0 Å². The Balaban J connectivity index is 1.35. The molecule has 0 atom stereocenters. The molecule has 7 aromatic carbocycles. The Labute approximate surface area is 255 Å². The fourth-order valence-corrected chi connectivity index (χ4v) is 9.81. The highest BCUT2D eigenvalue weighted by atomic mass is 32.1. The zero-order valence-corrected chi connectivity index (χ0v) is 24.2. The van der Waals surface area contributed by atoms with Gasteiger partial charge in [-0.3, -0.25) is 0 Å². The largest absolute Gasteiger partial charge is 0.354 e. The second-order valence-electron chi connectivity index (χ2n) is 12.3. The van der Waals surface area contributed by atoms with Crippen molar-refractivity contribution in [3.8, 4) is 11.1 Å². The number of hydrogen-bond donors (Lipinski definition) is 1. The lowest BCUT2D eigenvalue weighted by Crippen LogP contribution is -2.34. The number of thiophene rings is 1. The van der Waals surface area contributed by atoms with Gasteiger partial charge in [0.2, 0.25) is 0 Å². The second-order valence-corrected chi connectivity index (χ2v) is 13.4. The van der Waals surface area contributed by atoms with Crippen molar-refractivity contribution in [2.24, 2.45) is 0 Å². The lowest BCUT2D eigenvalue weighted by atomic mass is 9.59. The summed E-state index contributed by atoms with van der Waals surface area (Å²) >= 11 is 1.94. The summed E-state index contributed by atoms with van der Waals surface area (Å²) in [7, 11) is 2.47. The summed E-state index contributed by atoms with van der Waals surface area (Å²) < 4.78 is 5.29. The van der Waals surface area contributed by atoms with Gasteiger partial charge in [-0.25, -0.2) is 0 Å². The van der Waals surface area contributed by atoms with Crippen LogP contribution in [-0.4, -0.2) is 16.7 Å². The van der Waals surface area contributed by atoms with Gasteiger partial charge in [0, 0.05) is 74.6 Å². The first-order chi connectivity index (χ1) is 21.8. The average Bonchev–Trinajstić information content (AvgIpc) is 3.81. The van der Waals surface area contributed by atoms with Crippen molar-refractivity contribution in [1.82, 2.24) is 9.38 Å². The van der Waals surface area contributed by atoms with E-state index in [0.717, 1.165) is 0 Å². The van der Waals surface area contributed by atoms with Gasteiger partial charge in [-0.2, -0.15) is 0 Å². The lowest BCUT2D eigenvalue weighted by molar-refractivity contribution is 1.38. The van der Waals surface area contributed by atoms with Gasteiger partial charge >= 0.3 is 0 Å². The van der Waals surface area contributed by atoms with Crippen LogP contribution in [0.15, 0.2) is 115 Å². The topological polar surface area (TPSA) is 20.2 Å². The molecule has 0 bridgehead atoms. The molecular formula is C40H20BN2S. The number of aromatic nitrogens is 2. The number of para-hydroxylation sites is 3. The molecule has 199 valence electrons. The van der Waals surface area contributed by atoms with Gasteiger partial charge in [0.15, 0.2) is 7.28 Å². The van der Waals surface area contributed by atoms with E-state index in [0.29, 0.717) is 0 Å². The van der Waals surface area contributed by atoms with Crippen LogP contribution in [0.2, 0.25) is 0 Å². The minimum atomic E-state index is 1.18. The SMILES string of the molecule is [B]1c2cccc3c4cccc5c6c7c(sc8ccccc87)c(-c7cccc8c7[nH]c7cc9ccccc9cc78)c1c6n(c23)c45. The van der Waals surface area contributed by atoms with E-state index in [4.69, 9.17) is 0 Å². The van der Waals surface area contributed by atoms with Crippen molar-refractivity contribution >= 4 is 120 Å². The fraction of sp³-hybridized carbons (Fsp3) is 0.